The zero-order chi connectivity index (χ0) is 14.6. The van der Waals surface area contributed by atoms with Crippen LogP contribution in [0.15, 0.2) is 54.6 Å². The molecule has 2 heterocycles. The Morgan fingerprint density at radius 3 is 2.55 bits per heavy atom. The molecule has 2 fully saturated rings. The van der Waals surface area contributed by atoms with Gasteiger partial charge >= 0.3 is 0 Å². The highest BCUT2D eigenvalue weighted by Crippen LogP contribution is 2.50. The number of ether oxygens (including phenoxy) is 1. The van der Waals surface area contributed by atoms with Gasteiger partial charge in [-0.2, -0.15) is 0 Å². The number of hydrogen-bond acceptors (Lipinski definition) is 2. The number of hydrogen-bond donors (Lipinski definition) is 0. The zero-order valence-corrected chi connectivity index (χ0v) is 12.7. The first-order valence-corrected chi connectivity index (χ1v) is 8.41. The minimum Gasteiger partial charge on any atom is -0.489 e. The molecule has 5 rings (SSSR count). The summed E-state index contributed by atoms with van der Waals surface area (Å²) in [7, 11) is 0. The van der Waals surface area contributed by atoms with Crippen molar-refractivity contribution >= 4 is 0 Å². The lowest BCUT2D eigenvalue weighted by Gasteiger charge is -2.51. The van der Waals surface area contributed by atoms with E-state index in [-0.39, 0.29) is 5.41 Å². The second-order valence-electron chi connectivity index (χ2n) is 7.05. The van der Waals surface area contributed by atoms with Gasteiger partial charge in [0.25, 0.3) is 0 Å². The van der Waals surface area contributed by atoms with Gasteiger partial charge < -0.3 is 4.74 Å². The topological polar surface area (TPSA) is 12.5 Å². The second-order valence-corrected chi connectivity index (χ2v) is 7.05. The Morgan fingerprint density at radius 1 is 0.955 bits per heavy atom. The predicted octanol–water partition coefficient (Wildman–Crippen LogP) is 3.60. The second kappa shape index (κ2) is 4.60. The van der Waals surface area contributed by atoms with E-state index in [9.17, 15) is 0 Å². The van der Waals surface area contributed by atoms with Gasteiger partial charge in [0.2, 0.25) is 0 Å². The molecule has 0 N–H and O–H groups in total. The highest BCUT2D eigenvalue weighted by Gasteiger charge is 2.50. The Morgan fingerprint density at radius 2 is 1.73 bits per heavy atom. The van der Waals surface area contributed by atoms with Crippen LogP contribution in [0, 0.1) is 0 Å². The fourth-order valence-corrected chi connectivity index (χ4v) is 4.45. The molecule has 3 aliphatic rings. The van der Waals surface area contributed by atoms with Gasteiger partial charge in [0.1, 0.15) is 11.9 Å². The SMILES string of the molecule is c1ccc(C23CC(CN(C4CC4)C2)Oc2ccccc23)cc1. The first-order valence-electron chi connectivity index (χ1n) is 8.41. The van der Waals surface area contributed by atoms with Crippen LogP contribution in [0.1, 0.15) is 30.4 Å². The van der Waals surface area contributed by atoms with Crippen molar-refractivity contribution in [3.63, 3.8) is 0 Å². The molecule has 2 heteroatoms. The Hall–Kier alpha value is -1.80. The Kier molecular flexibility index (Phi) is 2.66. The number of fused-ring (bicyclic) bond motifs is 4. The van der Waals surface area contributed by atoms with Crippen LogP contribution in [-0.2, 0) is 5.41 Å². The summed E-state index contributed by atoms with van der Waals surface area (Å²) in [6, 6.07) is 20.5. The van der Waals surface area contributed by atoms with Crippen molar-refractivity contribution < 1.29 is 4.74 Å². The standard InChI is InChI=1S/C20H21NO/c1-2-6-15(7-3-1)20-12-17(13-21(14-20)16-10-11-16)22-19-9-5-4-8-18(19)20/h1-9,16-17H,10-14H2. The van der Waals surface area contributed by atoms with Crippen LogP contribution < -0.4 is 4.74 Å². The van der Waals surface area contributed by atoms with Crippen molar-refractivity contribution in [3.05, 3.63) is 65.7 Å². The number of likely N-dealkylation sites (tertiary alicyclic amines) is 1. The molecule has 22 heavy (non-hydrogen) atoms. The molecule has 2 aliphatic heterocycles. The Balaban J connectivity index is 1.69. The molecule has 2 nitrogen and oxygen atoms in total. The molecule has 2 atom stereocenters. The van der Waals surface area contributed by atoms with E-state index in [1.807, 2.05) is 0 Å². The predicted molar refractivity (Wildman–Crippen MR) is 87.3 cm³/mol. The number of nitrogens with zero attached hydrogens (tertiary/aromatic N) is 1. The molecule has 0 amide bonds. The van der Waals surface area contributed by atoms with Gasteiger partial charge in [-0.15, -0.1) is 0 Å². The summed E-state index contributed by atoms with van der Waals surface area (Å²) in [6.45, 7) is 2.23. The first-order chi connectivity index (χ1) is 10.9. The monoisotopic (exact) mass is 291 g/mol. The lowest BCUT2D eigenvalue weighted by molar-refractivity contribution is 0.0267. The maximum absolute atomic E-state index is 6.32. The quantitative estimate of drug-likeness (QED) is 0.838. The summed E-state index contributed by atoms with van der Waals surface area (Å²) in [5.41, 5.74) is 2.92. The lowest BCUT2D eigenvalue weighted by atomic mass is 9.67. The number of benzene rings is 2. The van der Waals surface area contributed by atoms with E-state index in [0.717, 1.165) is 31.3 Å². The van der Waals surface area contributed by atoms with Crippen LogP contribution in [0.3, 0.4) is 0 Å². The van der Waals surface area contributed by atoms with E-state index < -0.39 is 0 Å². The molecule has 1 saturated carbocycles. The molecule has 0 radical (unpaired) electrons. The van der Waals surface area contributed by atoms with Crippen LogP contribution in [-0.4, -0.2) is 30.1 Å². The van der Waals surface area contributed by atoms with Crippen molar-refractivity contribution in [2.45, 2.75) is 36.8 Å². The summed E-state index contributed by atoms with van der Waals surface area (Å²) >= 11 is 0. The normalized spacial score (nSPS) is 30.5. The van der Waals surface area contributed by atoms with Crippen molar-refractivity contribution in [2.24, 2.45) is 0 Å². The van der Waals surface area contributed by atoms with E-state index in [2.05, 4.69) is 59.5 Å². The highest BCUT2D eigenvalue weighted by atomic mass is 16.5. The molecule has 2 bridgehead atoms. The molecule has 1 aliphatic carbocycles. The third-order valence-electron chi connectivity index (χ3n) is 5.57. The molecule has 2 aromatic carbocycles. The molecule has 112 valence electrons. The van der Waals surface area contributed by atoms with E-state index >= 15 is 0 Å². The number of piperidine rings is 1. The van der Waals surface area contributed by atoms with Gasteiger partial charge in [-0.05, 0) is 24.5 Å². The lowest BCUT2D eigenvalue weighted by Crippen LogP contribution is -2.57. The fourth-order valence-electron chi connectivity index (χ4n) is 4.45. The van der Waals surface area contributed by atoms with Crippen molar-refractivity contribution in [3.8, 4) is 5.75 Å². The summed E-state index contributed by atoms with van der Waals surface area (Å²) < 4.78 is 6.32. The van der Waals surface area contributed by atoms with Crippen LogP contribution >= 0.6 is 0 Å². The molecule has 2 unspecified atom stereocenters. The van der Waals surface area contributed by atoms with E-state index in [1.54, 1.807) is 0 Å². The third-order valence-corrected chi connectivity index (χ3v) is 5.57. The van der Waals surface area contributed by atoms with Crippen LogP contribution in [0.2, 0.25) is 0 Å². The van der Waals surface area contributed by atoms with Gasteiger partial charge in [-0.3, -0.25) is 4.90 Å². The van der Waals surface area contributed by atoms with Gasteiger partial charge in [0.05, 0.1) is 0 Å². The summed E-state index contributed by atoms with van der Waals surface area (Å²) in [5, 5.41) is 0. The number of para-hydroxylation sites is 1. The Labute approximate surface area is 131 Å². The maximum Gasteiger partial charge on any atom is 0.123 e. The average molecular weight is 291 g/mol. The van der Waals surface area contributed by atoms with Gasteiger partial charge in [-0.25, -0.2) is 0 Å². The average Bonchev–Trinajstić information content (AvgIpc) is 3.40. The first kappa shape index (κ1) is 12.7. The molecule has 1 saturated heterocycles. The molecule has 0 aromatic heterocycles. The summed E-state index contributed by atoms with van der Waals surface area (Å²) in [6.07, 6.45) is 4.15. The Bertz CT molecular complexity index is 694. The molecular weight excluding hydrogens is 270 g/mol. The van der Waals surface area contributed by atoms with Crippen LogP contribution in [0.4, 0.5) is 0 Å². The van der Waals surface area contributed by atoms with Gasteiger partial charge in [-0.1, -0.05) is 48.5 Å². The van der Waals surface area contributed by atoms with Gasteiger partial charge in [0, 0.05) is 36.5 Å². The van der Waals surface area contributed by atoms with Gasteiger partial charge in [0.15, 0.2) is 0 Å². The third kappa shape index (κ3) is 1.83. The van der Waals surface area contributed by atoms with E-state index in [0.29, 0.717) is 6.10 Å². The minimum atomic E-state index is 0.0988. The summed E-state index contributed by atoms with van der Waals surface area (Å²) in [5.74, 6) is 1.10. The highest BCUT2D eigenvalue weighted by molar-refractivity contribution is 5.50. The van der Waals surface area contributed by atoms with Crippen molar-refractivity contribution in [1.82, 2.24) is 4.90 Å². The van der Waals surface area contributed by atoms with Crippen molar-refractivity contribution in [1.29, 1.82) is 0 Å². The maximum atomic E-state index is 6.32. The largest absolute Gasteiger partial charge is 0.489 e. The van der Waals surface area contributed by atoms with Crippen LogP contribution in [0.25, 0.3) is 0 Å². The fraction of sp³-hybridized carbons (Fsp3) is 0.400. The summed E-state index contributed by atoms with van der Waals surface area (Å²) in [4.78, 5) is 2.68. The minimum absolute atomic E-state index is 0.0988. The van der Waals surface area contributed by atoms with E-state index in [4.69, 9.17) is 4.74 Å². The van der Waals surface area contributed by atoms with E-state index in [1.165, 1.54) is 24.0 Å². The number of rotatable bonds is 2. The zero-order valence-electron chi connectivity index (χ0n) is 12.7. The molecule has 0 spiro atoms. The molecular formula is C20H21NO. The van der Waals surface area contributed by atoms with Crippen LogP contribution in [0.5, 0.6) is 5.75 Å². The van der Waals surface area contributed by atoms with Crippen molar-refractivity contribution in [2.75, 3.05) is 13.1 Å². The molecule has 2 aromatic rings. The smallest absolute Gasteiger partial charge is 0.123 e.